The number of anilines is 1. The van der Waals surface area contributed by atoms with E-state index in [1.165, 1.54) is 23.9 Å². The molecule has 6 nitrogen and oxygen atoms in total. The van der Waals surface area contributed by atoms with E-state index in [4.69, 9.17) is 0 Å². The molecule has 154 valence electrons. The highest BCUT2D eigenvalue weighted by molar-refractivity contribution is 9.10. The zero-order valence-corrected chi connectivity index (χ0v) is 18.8. The zero-order valence-electron chi connectivity index (χ0n) is 16.4. The van der Waals surface area contributed by atoms with Crippen molar-refractivity contribution in [2.45, 2.75) is 38.9 Å². The Morgan fingerprint density at radius 3 is 2.83 bits per heavy atom. The van der Waals surface area contributed by atoms with Crippen LogP contribution in [-0.2, 0) is 11.3 Å². The van der Waals surface area contributed by atoms with Crippen molar-refractivity contribution in [2.75, 3.05) is 11.1 Å². The highest BCUT2D eigenvalue weighted by atomic mass is 79.9. The smallest absolute Gasteiger partial charge is 0.278 e. The lowest BCUT2D eigenvalue weighted by molar-refractivity contribution is -0.113. The van der Waals surface area contributed by atoms with Crippen LogP contribution in [0.25, 0.3) is 11.0 Å². The fourth-order valence-electron chi connectivity index (χ4n) is 2.81. The summed E-state index contributed by atoms with van der Waals surface area (Å²) in [6.45, 7) is 6.56. The molecule has 0 aliphatic rings. The van der Waals surface area contributed by atoms with Crippen LogP contribution in [0.1, 0.15) is 26.0 Å². The summed E-state index contributed by atoms with van der Waals surface area (Å²) in [7, 11) is 0. The predicted octanol–water partition coefficient (Wildman–Crippen LogP) is 4.71. The number of nitrogens with zero attached hydrogens (tertiary/aromatic N) is 2. The number of amides is 1. The second-order valence-corrected chi connectivity index (χ2v) is 9.07. The van der Waals surface area contributed by atoms with Gasteiger partial charge in [0.1, 0.15) is 11.3 Å². The number of halogens is 2. The number of fused-ring (bicyclic) bond motifs is 1. The third-order valence-electron chi connectivity index (χ3n) is 4.31. The minimum absolute atomic E-state index is 0.0124. The van der Waals surface area contributed by atoms with E-state index in [-0.39, 0.29) is 22.9 Å². The van der Waals surface area contributed by atoms with E-state index < -0.39 is 5.82 Å². The largest absolute Gasteiger partial charge is 0.353 e. The summed E-state index contributed by atoms with van der Waals surface area (Å²) < 4.78 is 16.1. The van der Waals surface area contributed by atoms with Gasteiger partial charge in [0, 0.05) is 16.7 Å². The highest BCUT2D eigenvalue weighted by Gasteiger charge is 2.16. The number of hydrogen-bond acceptors (Lipinski definition) is 4. The Hall–Kier alpha value is -2.13. The van der Waals surface area contributed by atoms with Crippen LogP contribution in [0.15, 0.2) is 38.7 Å². The predicted molar refractivity (Wildman–Crippen MR) is 118 cm³/mol. The van der Waals surface area contributed by atoms with Crippen molar-refractivity contribution in [2.24, 2.45) is 5.92 Å². The second kappa shape index (κ2) is 9.13. The molecule has 3 rings (SSSR count). The standard InChI is InChI=1S/C20H22BrFN4O2S/c1-11(2)6-7-26-19(28)18-16(8-12(3)23-18)25-20(26)29-10-17(27)24-15-5-4-13(21)9-14(15)22/h4-5,8-9,11,23H,6-7,10H2,1-3H3,(H,24,27). The van der Waals surface area contributed by atoms with Crippen LogP contribution in [0.3, 0.4) is 0 Å². The van der Waals surface area contributed by atoms with Gasteiger partial charge in [-0.2, -0.15) is 0 Å². The van der Waals surface area contributed by atoms with Crippen LogP contribution < -0.4 is 10.9 Å². The van der Waals surface area contributed by atoms with E-state index in [2.05, 4.69) is 45.1 Å². The van der Waals surface area contributed by atoms with Crippen molar-refractivity contribution < 1.29 is 9.18 Å². The Kier molecular flexibility index (Phi) is 6.79. The lowest BCUT2D eigenvalue weighted by atomic mass is 10.1. The van der Waals surface area contributed by atoms with Gasteiger partial charge in [-0.3, -0.25) is 14.2 Å². The van der Waals surface area contributed by atoms with Gasteiger partial charge in [-0.25, -0.2) is 9.37 Å². The molecule has 2 N–H and O–H groups in total. The average Bonchev–Trinajstić information content (AvgIpc) is 3.02. The number of carbonyl (C=O) groups is 1. The molecule has 0 spiro atoms. The first kappa shape index (κ1) is 21.6. The third-order valence-corrected chi connectivity index (χ3v) is 5.77. The van der Waals surface area contributed by atoms with Gasteiger partial charge in [0.2, 0.25) is 5.91 Å². The summed E-state index contributed by atoms with van der Waals surface area (Å²) >= 11 is 4.35. The molecule has 9 heteroatoms. The number of benzene rings is 1. The first-order valence-electron chi connectivity index (χ1n) is 9.22. The van der Waals surface area contributed by atoms with Crippen LogP contribution in [0, 0.1) is 18.7 Å². The first-order valence-corrected chi connectivity index (χ1v) is 11.0. The van der Waals surface area contributed by atoms with Crippen molar-refractivity contribution in [3.05, 3.63) is 50.6 Å². The van der Waals surface area contributed by atoms with Crippen LogP contribution in [-0.4, -0.2) is 26.2 Å². The fourth-order valence-corrected chi connectivity index (χ4v) is 3.97. The summed E-state index contributed by atoms with van der Waals surface area (Å²) in [4.78, 5) is 32.9. The summed E-state index contributed by atoms with van der Waals surface area (Å²) in [6.07, 6.45) is 0.816. The molecule has 29 heavy (non-hydrogen) atoms. The Morgan fingerprint density at radius 1 is 1.38 bits per heavy atom. The maximum atomic E-state index is 13.9. The Labute approximate surface area is 180 Å². The highest BCUT2D eigenvalue weighted by Crippen LogP contribution is 2.22. The Morgan fingerprint density at radius 2 is 2.14 bits per heavy atom. The summed E-state index contributed by atoms with van der Waals surface area (Å²) in [6, 6.07) is 6.24. The van der Waals surface area contributed by atoms with Crippen molar-refractivity contribution >= 4 is 50.3 Å². The van der Waals surface area contributed by atoms with Gasteiger partial charge < -0.3 is 10.3 Å². The lowest BCUT2D eigenvalue weighted by Crippen LogP contribution is -2.25. The van der Waals surface area contributed by atoms with Crippen molar-refractivity contribution in [3.63, 3.8) is 0 Å². The first-order chi connectivity index (χ1) is 13.7. The van der Waals surface area contributed by atoms with Crippen molar-refractivity contribution in [1.29, 1.82) is 0 Å². The number of aromatic nitrogens is 3. The van der Waals surface area contributed by atoms with Crippen molar-refractivity contribution in [3.8, 4) is 0 Å². The molecule has 0 saturated heterocycles. The van der Waals surface area contributed by atoms with E-state index in [0.29, 0.717) is 33.1 Å². The van der Waals surface area contributed by atoms with Crippen LogP contribution in [0.5, 0.6) is 0 Å². The molecule has 3 aromatic rings. The second-order valence-electron chi connectivity index (χ2n) is 7.21. The summed E-state index contributed by atoms with van der Waals surface area (Å²) in [5.41, 5.74) is 1.86. The van der Waals surface area contributed by atoms with Gasteiger partial charge in [-0.15, -0.1) is 0 Å². The molecule has 2 heterocycles. The average molecular weight is 481 g/mol. The summed E-state index contributed by atoms with van der Waals surface area (Å²) in [5.74, 6) is -0.455. The quantitative estimate of drug-likeness (QED) is 0.379. The van der Waals surface area contributed by atoms with Gasteiger partial charge in [0.25, 0.3) is 5.56 Å². The maximum absolute atomic E-state index is 13.9. The van der Waals surface area contributed by atoms with Gasteiger partial charge >= 0.3 is 0 Å². The minimum Gasteiger partial charge on any atom is -0.353 e. The number of thioether (sulfide) groups is 1. The number of hydrogen-bond donors (Lipinski definition) is 2. The fraction of sp³-hybridized carbons (Fsp3) is 0.350. The molecule has 0 fully saturated rings. The zero-order chi connectivity index (χ0) is 21.1. The third kappa shape index (κ3) is 5.27. The molecule has 1 amide bonds. The Balaban J connectivity index is 1.81. The maximum Gasteiger partial charge on any atom is 0.278 e. The number of rotatable bonds is 7. The van der Waals surface area contributed by atoms with E-state index in [1.807, 2.05) is 13.0 Å². The molecule has 0 atom stereocenters. The minimum atomic E-state index is -0.520. The SMILES string of the molecule is Cc1cc2nc(SCC(=O)Nc3ccc(Br)cc3F)n(CCC(C)C)c(=O)c2[nH]1. The topological polar surface area (TPSA) is 79.8 Å². The molecule has 1 aromatic carbocycles. The van der Waals surface area contributed by atoms with E-state index in [9.17, 15) is 14.0 Å². The molecule has 2 aromatic heterocycles. The van der Waals surface area contributed by atoms with Gasteiger partial charge in [-0.05, 0) is 43.5 Å². The van der Waals surface area contributed by atoms with Gasteiger partial charge in [-0.1, -0.05) is 41.5 Å². The van der Waals surface area contributed by atoms with E-state index >= 15 is 0 Å². The molecule has 0 bridgehead atoms. The molecule has 0 radical (unpaired) electrons. The van der Waals surface area contributed by atoms with Crippen molar-refractivity contribution in [1.82, 2.24) is 14.5 Å². The lowest BCUT2D eigenvalue weighted by Gasteiger charge is -2.13. The molecular formula is C20H22BrFN4O2S. The van der Waals surface area contributed by atoms with Crippen LogP contribution in [0.2, 0.25) is 0 Å². The number of aromatic amines is 1. The molecule has 0 unspecified atom stereocenters. The number of aryl methyl sites for hydroxylation is 1. The van der Waals surface area contributed by atoms with Gasteiger partial charge in [0.15, 0.2) is 5.16 Å². The normalized spacial score (nSPS) is 11.4. The number of H-pyrrole nitrogens is 1. The molecule has 0 saturated carbocycles. The molecule has 0 aliphatic carbocycles. The van der Waals surface area contributed by atoms with E-state index in [0.717, 1.165) is 12.1 Å². The summed E-state index contributed by atoms with van der Waals surface area (Å²) in [5, 5.41) is 3.04. The molecule has 0 aliphatic heterocycles. The van der Waals surface area contributed by atoms with Crippen LogP contribution >= 0.6 is 27.7 Å². The monoisotopic (exact) mass is 480 g/mol. The van der Waals surface area contributed by atoms with Crippen LogP contribution in [0.4, 0.5) is 10.1 Å². The van der Waals surface area contributed by atoms with E-state index in [1.54, 1.807) is 10.6 Å². The molecular weight excluding hydrogens is 459 g/mol. The number of carbonyl (C=O) groups excluding carboxylic acids is 1. The van der Waals surface area contributed by atoms with Gasteiger partial charge in [0.05, 0.1) is 17.0 Å². The number of nitrogens with one attached hydrogen (secondary N) is 2. The Bertz CT molecular complexity index is 1110.